The van der Waals surface area contributed by atoms with Crippen LogP contribution >= 0.6 is 0 Å². The van der Waals surface area contributed by atoms with Crippen LogP contribution in [0.5, 0.6) is 5.75 Å². The number of carbonyl (C=O) groups is 2. The number of hydrogen-bond donors (Lipinski definition) is 4. The first kappa shape index (κ1) is 27.8. The zero-order chi connectivity index (χ0) is 28.3. The van der Waals surface area contributed by atoms with E-state index in [1.54, 1.807) is 0 Å². The van der Waals surface area contributed by atoms with Gasteiger partial charge in [0.15, 0.2) is 0 Å². The second-order valence-corrected chi connectivity index (χ2v) is 8.82. The van der Waals surface area contributed by atoms with Gasteiger partial charge in [0.2, 0.25) is 0 Å². The van der Waals surface area contributed by atoms with Gasteiger partial charge >= 0.3 is 6.18 Å². The lowest BCUT2D eigenvalue weighted by Crippen LogP contribution is -2.39. The molecule has 1 aliphatic rings. The average molecular weight is 550 g/mol. The molecule has 1 unspecified atom stereocenters. The number of piperidine rings is 1. The number of aromatic nitrogens is 1. The van der Waals surface area contributed by atoms with Gasteiger partial charge in [0.25, 0.3) is 11.8 Å². The molecule has 1 atom stereocenters. The molecule has 13 heteroatoms. The van der Waals surface area contributed by atoms with Crippen LogP contribution in [0.4, 0.5) is 33.5 Å². The summed E-state index contributed by atoms with van der Waals surface area (Å²) < 4.78 is 72.8. The van der Waals surface area contributed by atoms with Crippen LogP contribution in [0.15, 0.2) is 42.5 Å². The summed E-state index contributed by atoms with van der Waals surface area (Å²) in [7, 11) is 1.30. The molecule has 1 saturated heterocycles. The number of benzene rings is 2. The Bertz CT molecular complexity index is 1410. The first-order chi connectivity index (χ1) is 18.5. The molecule has 4 rings (SSSR count). The molecular formula is C26H24F5N5O3. The normalized spacial score (nSPS) is 15.5. The molecule has 39 heavy (non-hydrogen) atoms. The molecule has 1 aromatic heterocycles. The van der Waals surface area contributed by atoms with E-state index in [-0.39, 0.29) is 45.7 Å². The number of nitrogens with two attached hydrogens (primary N) is 1. The molecule has 0 bridgehead atoms. The summed E-state index contributed by atoms with van der Waals surface area (Å²) in [5.74, 6) is -3.88. The molecule has 0 spiro atoms. The van der Waals surface area contributed by atoms with Gasteiger partial charge in [0.05, 0.1) is 18.4 Å². The fourth-order valence-electron chi connectivity index (χ4n) is 4.28. The summed E-state index contributed by atoms with van der Waals surface area (Å²) in [6.45, 7) is 1.41. The Hall–Kier alpha value is -4.26. The third-order valence-corrected chi connectivity index (χ3v) is 6.12. The van der Waals surface area contributed by atoms with Crippen molar-refractivity contribution < 1.29 is 36.3 Å². The van der Waals surface area contributed by atoms with Gasteiger partial charge in [-0.25, -0.2) is 13.8 Å². The summed E-state index contributed by atoms with van der Waals surface area (Å²) in [4.78, 5) is 29.8. The molecule has 0 saturated carbocycles. The molecule has 1 fully saturated rings. The van der Waals surface area contributed by atoms with Crippen LogP contribution in [0.1, 0.15) is 39.1 Å². The fraction of sp³-hybridized carbons (Fsp3) is 0.269. The Kier molecular flexibility index (Phi) is 8.00. The van der Waals surface area contributed by atoms with Crippen LogP contribution in [-0.2, 0) is 6.18 Å². The van der Waals surface area contributed by atoms with Crippen LogP contribution in [-0.4, -0.2) is 43.0 Å². The van der Waals surface area contributed by atoms with Crippen LogP contribution < -0.4 is 26.4 Å². The van der Waals surface area contributed by atoms with Crippen LogP contribution in [0.2, 0.25) is 0 Å². The van der Waals surface area contributed by atoms with Crippen molar-refractivity contribution in [2.75, 3.05) is 30.8 Å². The lowest BCUT2D eigenvalue weighted by Gasteiger charge is -2.26. The topological polar surface area (TPSA) is 118 Å². The summed E-state index contributed by atoms with van der Waals surface area (Å²) in [5.41, 5.74) is 3.50. The second kappa shape index (κ2) is 11.2. The summed E-state index contributed by atoms with van der Waals surface area (Å²) >= 11 is 0. The highest BCUT2D eigenvalue weighted by molar-refractivity contribution is 6.09. The van der Waals surface area contributed by atoms with Crippen LogP contribution in [0, 0.1) is 11.6 Å². The van der Waals surface area contributed by atoms with E-state index < -0.39 is 35.2 Å². The van der Waals surface area contributed by atoms with Crippen molar-refractivity contribution in [3.63, 3.8) is 0 Å². The van der Waals surface area contributed by atoms with Gasteiger partial charge in [0.1, 0.15) is 28.8 Å². The number of methoxy groups -OCH3 is 1. The number of amides is 2. The molecule has 3 aromatic rings. The number of ether oxygens (including phenoxy) is 1. The van der Waals surface area contributed by atoms with Crippen LogP contribution in [0.3, 0.4) is 0 Å². The Balaban J connectivity index is 1.76. The zero-order valence-corrected chi connectivity index (χ0v) is 20.6. The standard InChI is InChI=1S/C26H24F5N5O3/c1-39-21-11-20(36-24(22(21)23(32)37)34-15-3-2-8-33-12-15)17-9-13(27)4-6-16(17)25(38)35-14-5-7-19(28)18(10-14)26(29,30)31/h4-7,9-11,15,33H,2-3,8,12H2,1H3,(H2,32,37)(H,34,36)(H,35,38). The van der Waals surface area contributed by atoms with Crippen molar-refractivity contribution in [1.29, 1.82) is 0 Å². The summed E-state index contributed by atoms with van der Waals surface area (Å²) in [6, 6.07) is 6.33. The second-order valence-electron chi connectivity index (χ2n) is 8.82. The van der Waals surface area contributed by atoms with E-state index in [9.17, 15) is 31.5 Å². The van der Waals surface area contributed by atoms with Gasteiger partial charge in [-0.1, -0.05) is 0 Å². The Morgan fingerprint density at radius 3 is 2.54 bits per heavy atom. The van der Waals surface area contributed by atoms with Crippen molar-refractivity contribution in [1.82, 2.24) is 10.3 Å². The van der Waals surface area contributed by atoms with E-state index in [1.165, 1.54) is 13.2 Å². The first-order valence-electron chi connectivity index (χ1n) is 11.8. The fourth-order valence-corrected chi connectivity index (χ4v) is 4.28. The maximum absolute atomic E-state index is 14.4. The largest absolute Gasteiger partial charge is 0.496 e. The minimum absolute atomic E-state index is 0.0164. The van der Waals surface area contributed by atoms with Crippen molar-refractivity contribution in [3.05, 3.63) is 70.8 Å². The highest BCUT2D eigenvalue weighted by atomic mass is 19.4. The molecule has 2 heterocycles. The third-order valence-electron chi connectivity index (χ3n) is 6.12. The SMILES string of the molecule is COc1cc(-c2cc(F)ccc2C(=O)Nc2ccc(F)c(C(F)(F)F)c2)nc(NC2CCCNC2)c1C(N)=O. The molecule has 5 N–H and O–H groups in total. The van der Waals surface area contributed by atoms with Gasteiger partial charge in [-0.3, -0.25) is 9.59 Å². The predicted molar refractivity (Wildman–Crippen MR) is 134 cm³/mol. The number of nitrogens with zero attached hydrogens (tertiary/aromatic N) is 1. The van der Waals surface area contributed by atoms with Gasteiger partial charge in [0, 0.05) is 35.5 Å². The molecular weight excluding hydrogens is 525 g/mol. The molecule has 2 aromatic carbocycles. The minimum atomic E-state index is -4.98. The Morgan fingerprint density at radius 2 is 1.90 bits per heavy atom. The number of pyridine rings is 1. The Morgan fingerprint density at radius 1 is 1.13 bits per heavy atom. The maximum Gasteiger partial charge on any atom is 0.419 e. The number of carbonyl (C=O) groups excluding carboxylic acids is 2. The number of alkyl halides is 3. The smallest absolute Gasteiger partial charge is 0.419 e. The van der Waals surface area contributed by atoms with Gasteiger partial charge in [-0.2, -0.15) is 13.2 Å². The lowest BCUT2D eigenvalue weighted by atomic mass is 10.0. The van der Waals surface area contributed by atoms with E-state index in [4.69, 9.17) is 10.5 Å². The molecule has 8 nitrogen and oxygen atoms in total. The highest BCUT2D eigenvalue weighted by Gasteiger charge is 2.34. The summed E-state index contributed by atoms with van der Waals surface area (Å²) in [5, 5.41) is 8.65. The number of hydrogen-bond acceptors (Lipinski definition) is 6. The summed E-state index contributed by atoms with van der Waals surface area (Å²) in [6.07, 6.45) is -3.34. The highest BCUT2D eigenvalue weighted by Crippen LogP contribution is 2.35. The predicted octanol–water partition coefficient (Wildman–Crippen LogP) is 4.57. The molecule has 206 valence electrons. The number of rotatable bonds is 7. The van der Waals surface area contributed by atoms with Gasteiger partial charge < -0.3 is 26.4 Å². The van der Waals surface area contributed by atoms with E-state index in [0.29, 0.717) is 18.7 Å². The first-order valence-corrected chi connectivity index (χ1v) is 11.8. The quantitative estimate of drug-likeness (QED) is 0.321. The zero-order valence-electron chi connectivity index (χ0n) is 20.6. The Labute approximate surface area is 219 Å². The number of halogens is 5. The van der Waals surface area contributed by atoms with E-state index in [0.717, 1.165) is 43.7 Å². The third kappa shape index (κ3) is 6.25. The average Bonchev–Trinajstić information content (AvgIpc) is 2.89. The number of nitrogens with one attached hydrogen (secondary N) is 3. The molecule has 0 radical (unpaired) electrons. The van der Waals surface area contributed by atoms with Crippen molar-refractivity contribution in [3.8, 4) is 17.0 Å². The van der Waals surface area contributed by atoms with E-state index >= 15 is 0 Å². The van der Waals surface area contributed by atoms with Crippen molar-refractivity contribution >= 4 is 23.3 Å². The van der Waals surface area contributed by atoms with Gasteiger partial charge in [-0.15, -0.1) is 0 Å². The van der Waals surface area contributed by atoms with Gasteiger partial charge in [-0.05, 0) is 55.8 Å². The molecule has 0 aliphatic carbocycles. The molecule has 2 amide bonds. The number of primary amides is 1. The minimum Gasteiger partial charge on any atom is -0.496 e. The monoisotopic (exact) mass is 549 g/mol. The van der Waals surface area contributed by atoms with Crippen molar-refractivity contribution in [2.24, 2.45) is 5.73 Å². The lowest BCUT2D eigenvalue weighted by molar-refractivity contribution is -0.139. The molecule has 1 aliphatic heterocycles. The maximum atomic E-state index is 14.4. The van der Waals surface area contributed by atoms with E-state index in [2.05, 4.69) is 20.9 Å². The van der Waals surface area contributed by atoms with Crippen molar-refractivity contribution in [2.45, 2.75) is 25.1 Å². The number of anilines is 2. The van der Waals surface area contributed by atoms with E-state index in [1.807, 2.05) is 0 Å². The van der Waals surface area contributed by atoms with Crippen LogP contribution in [0.25, 0.3) is 11.3 Å².